The normalized spacial score (nSPS) is 26.7. The Kier molecular flexibility index (Phi) is 6.24. The summed E-state index contributed by atoms with van der Waals surface area (Å²) in [5, 5.41) is 9.20. The molecule has 1 saturated heterocycles. The molecule has 3 aliphatic heterocycles. The monoisotopic (exact) mass is 444 g/mol. The number of rotatable bonds is 6. The lowest BCUT2D eigenvalue weighted by Crippen LogP contribution is -2.46. The van der Waals surface area contributed by atoms with Gasteiger partial charge in [0.2, 0.25) is 5.90 Å². The topological polar surface area (TPSA) is 124 Å². The summed E-state index contributed by atoms with van der Waals surface area (Å²) in [5.41, 5.74) is 1.60. The first-order chi connectivity index (χ1) is 15.3. The molecule has 1 N–H and O–H groups in total. The number of urea groups is 1. The zero-order valence-corrected chi connectivity index (χ0v) is 17.7. The van der Waals surface area contributed by atoms with E-state index in [9.17, 15) is 19.5 Å². The number of hydrogen-bond acceptors (Lipinski definition) is 8. The number of aliphatic hydroxyl groups is 1. The summed E-state index contributed by atoms with van der Waals surface area (Å²) in [6.45, 7) is 2.72. The third-order valence-electron chi connectivity index (χ3n) is 5.45. The van der Waals surface area contributed by atoms with Gasteiger partial charge in [-0.2, -0.15) is 4.99 Å². The molecule has 0 saturated carbocycles. The average Bonchev–Trinajstić information content (AvgIpc) is 3.34. The fourth-order valence-corrected chi connectivity index (χ4v) is 3.91. The molecule has 1 unspecified atom stereocenters. The third kappa shape index (κ3) is 4.66. The molecular formula is C22H24N2O8. The van der Waals surface area contributed by atoms with Crippen LogP contribution in [0.4, 0.5) is 4.79 Å². The standard InChI is InChI=1S/C22H24N2O8/c1-12(26)29-11-19-18(30-13(2)27)8-20(31-19)24-9-16-7-17(32-21(16)23-22(24)28)15-5-3-14(10-25)4-6-15/h3-7,16,18-20,25H,8-11H2,1-2H3/t16?,18-,19+,20+/m0/s1. The molecule has 1 fully saturated rings. The second kappa shape index (κ2) is 9.09. The highest BCUT2D eigenvalue weighted by Gasteiger charge is 2.45. The first kappa shape index (κ1) is 22.0. The van der Waals surface area contributed by atoms with Crippen LogP contribution >= 0.6 is 0 Å². The molecule has 1 aromatic carbocycles. The maximum atomic E-state index is 12.7. The summed E-state index contributed by atoms with van der Waals surface area (Å²) < 4.78 is 22.0. The Bertz CT molecular complexity index is 971. The lowest BCUT2D eigenvalue weighted by Gasteiger charge is -2.31. The van der Waals surface area contributed by atoms with Crippen LogP contribution in [0.1, 0.15) is 31.4 Å². The van der Waals surface area contributed by atoms with Gasteiger partial charge in [-0.25, -0.2) is 4.79 Å². The largest absolute Gasteiger partial charge is 0.463 e. The minimum absolute atomic E-state index is 0.0485. The zero-order valence-electron chi connectivity index (χ0n) is 17.7. The van der Waals surface area contributed by atoms with Crippen LogP contribution in [0.25, 0.3) is 5.76 Å². The van der Waals surface area contributed by atoms with E-state index in [1.165, 1.54) is 18.7 Å². The molecule has 32 heavy (non-hydrogen) atoms. The molecule has 170 valence electrons. The van der Waals surface area contributed by atoms with E-state index < -0.39 is 36.4 Å². The molecule has 4 rings (SSSR count). The van der Waals surface area contributed by atoms with Gasteiger partial charge in [-0.3, -0.25) is 14.5 Å². The fourth-order valence-electron chi connectivity index (χ4n) is 3.91. The van der Waals surface area contributed by atoms with E-state index in [-0.39, 0.29) is 32.1 Å². The molecule has 10 nitrogen and oxygen atoms in total. The molecule has 1 aromatic rings. The van der Waals surface area contributed by atoms with Crippen molar-refractivity contribution in [3.8, 4) is 0 Å². The van der Waals surface area contributed by atoms with Crippen molar-refractivity contribution in [2.75, 3.05) is 13.2 Å². The minimum Gasteiger partial charge on any atom is -0.463 e. The van der Waals surface area contributed by atoms with Crippen molar-refractivity contribution in [2.45, 2.75) is 45.3 Å². The number of carbonyl (C=O) groups is 3. The Morgan fingerprint density at radius 1 is 1.22 bits per heavy atom. The van der Waals surface area contributed by atoms with Crippen LogP contribution in [0.15, 0.2) is 35.3 Å². The first-order valence-corrected chi connectivity index (χ1v) is 10.3. The van der Waals surface area contributed by atoms with E-state index >= 15 is 0 Å². The second-order valence-electron chi connectivity index (χ2n) is 7.79. The quantitative estimate of drug-likeness (QED) is 0.657. The van der Waals surface area contributed by atoms with E-state index in [0.29, 0.717) is 11.7 Å². The van der Waals surface area contributed by atoms with Crippen molar-refractivity contribution < 1.29 is 38.4 Å². The van der Waals surface area contributed by atoms with E-state index in [0.717, 1.165) is 11.1 Å². The van der Waals surface area contributed by atoms with Gasteiger partial charge in [0.25, 0.3) is 0 Å². The van der Waals surface area contributed by atoms with E-state index in [4.69, 9.17) is 18.9 Å². The molecule has 10 heteroatoms. The molecule has 2 amide bonds. The van der Waals surface area contributed by atoms with E-state index in [2.05, 4.69) is 4.99 Å². The average molecular weight is 444 g/mol. The number of ether oxygens (including phenoxy) is 4. The molecule has 3 aliphatic rings. The summed E-state index contributed by atoms with van der Waals surface area (Å²) in [4.78, 5) is 40.9. The molecular weight excluding hydrogens is 420 g/mol. The molecule has 3 heterocycles. The van der Waals surface area contributed by atoms with Crippen molar-refractivity contribution >= 4 is 29.6 Å². The SMILES string of the molecule is CC(=O)OC[C@H]1O[C@@H](N2CC3C=C(c4ccc(CO)cc4)OC3=NC2=O)C[C@@H]1OC(C)=O. The number of nitrogens with zero attached hydrogens (tertiary/aromatic N) is 2. The number of amides is 2. The van der Waals surface area contributed by atoms with Gasteiger partial charge in [0.15, 0.2) is 0 Å². The van der Waals surface area contributed by atoms with Gasteiger partial charge in [-0.05, 0) is 11.6 Å². The van der Waals surface area contributed by atoms with Crippen LogP contribution in [0.2, 0.25) is 0 Å². The summed E-state index contributed by atoms with van der Waals surface area (Å²) in [5.74, 6) is -0.302. The highest BCUT2D eigenvalue weighted by Crippen LogP contribution is 2.34. The summed E-state index contributed by atoms with van der Waals surface area (Å²) >= 11 is 0. The van der Waals surface area contributed by atoms with Gasteiger partial charge in [0, 0.05) is 32.4 Å². The zero-order chi connectivity index (χ0) is 22.8. The van der Waals surface area contributed by atoms with E-state index in [1.807, 2.05) is 18.2 Å². The fraction of sp³-hybridized carbons (Fsp3) is 0.455. The number of carbonyl (C=O) groups excluding carboxylic acids is 3. The smallest absolute Gasteiger partial charge is 0.348 e. The predicted octanol–water partition coefficient (Wildman–Crippen LogP) is 1.61. The lowest BCUT2D eigenvalue weighted by molar-refractivity contribution is -0.156. The Morgan fingerprint density at radius 2 is 1.97 bits per heavy atom. The number of aliphatic imine (C=N–C) groups is 1. The van der Waals surface area contributed by atoms with Crippen molar-refractivity contribution in [1.29, 1.82) is 0 Å². The molecule has 0 radical (unpaired) electrons. The van der Waals surface area contributed by atoms with Gasteiger partial charge in [-0.15, -0.1) is 0 Å². The van der Waals surface area contributed by atoms with Gasteiger partial charge in [0.1, 0.15) is 30.8 Å². The van der Waals surface area contributed by atoms with Crippen LogP contribution in [0.5, 0.6) is 0 Å². The number of aliphatic hydroxyl groups excluding tert-OH is 1. The molecule has 0 bridgehead atoms. The molecule has 0 aromatic heterocycles. The maximum Gasteiger partial charge on any atom is 0.348 e. The van der Waals surface area contributed by atoms with Gasteiger partial charge < -0.3 is 24.1 Å². The Labute approximate surface area is 184 Å². The van der Waals surface area contributed by atoms with Crippen LogP contribution in [0.3, 0.4) is 0 Å². The Morgan fingerprint density at radius 3 is 2.62 bits per heavy atom. The molecule has 4 atom stereocenters. The summed E-state index contributed by atoms with van der Waals surface area (Å²) in [7, 11) is 0. The van der Waals surface area contributed by atoms with Crippen LogP contribution in [0, 0.1) is 5.92 Å². The highest BCUT2D eigenvalue weighted by molar-refractivity contribution is 6.00. The molecule has 0 spiro atoms. The minimum atomic E-state index is -0.681. The van der Waals surface area contributed by atoms with Gasteiger partial charge >= 0.3 is 18.0 Å². The number of esters is 2. The summed E-state index contributed by atoms with van der Waals surface area (Å²) in [6, 6.07) is 6.74. The third-order valence-corrected chi connectivity index (χ3v) is 5.45. The van der Waals surface area contributed by atoms with Gasteiger partial charge in [-0.1, -0.05) is 24.3 Å². The number of benzene rings is 1. The Hall–Kier alpha value is -3.24. The van der Waals surface area contributed by atoms with Crippen molar-refractivity contribution in [3.63, 3.8) is 0 Å². The number of hydrogen-bond donors (Lipinski definition) is 1. The van der Waals surface area contributed by atoms with Crippen LogP contribution < -0.4 is 0 Å². The highest BCUT2D eigenvalue weighted by atomic mass is 16.6. The summed E-state index contributed by atoms with van der Waals surface area (Å²) in [6.07, 6.45) is 0.127. The van der Waals surface area contributed by atoms with Crippen molar-refractivity contribution in [1.82, 2.24) is 4.90 Å². The second-order valence-corrected chi connectivity index (χ2v) is 7.79. The Balaban J connectivity index is 1.47. The van der Waals surface area contributed by atoms with Crippen molar-refractivity contribution in [3.05, 3.63) is 41.5 Å². The van der Waals surface area contributed by atoms with Crippen molar-refractivity contribution in [2.24, 2.45) is 10.9 Å². The molecule has 0 aliphatic carbocycles. The van der Waals surface area contributed by atoms with Gasteiger partial charge in [0.05, 0.1) is 12.5 Å². The number of fused-ring (bicyclic) bond motifs is 1. The predicted molar refractivity (Wildman–Crippen MR) is 110 cm³/mol. The van der Waals surface area contributed by atoms with Crippen LogP contribution in [-0.4, -0.2) is 65.5 Å². The van der Waals surface area contributed by atoms with Crippen LogP contribution in [-0.2, 0) is 35.1 Å². The van der Waals surface area contributed by atoms with E-state index in [1.54, 1.807) is 12.1 Å². The lowest BCUT2D eigenvalue weighted by atomic mass is 10.1. The maximum absolute atomic E-state index is 12.7. The first-order valence-electron chi connectivity index (χ1n) is 10.3.